The molecule has 28 heavy (non-hydrogen) atoms. The third-order valence-corrected chi connectivity index (χ3v) is 7.03. The Balaban J connectivity index is 1.80. The van der Waals surface area contributed by atoms with Gasteiger partial charge < -0.3 is 9.84 Å². The topological polar surface area (TPSA) is 32.7 Å². The first-order valence-corrected chi connectivity index (χ1v) is 10.4. The second-order valence-electron chi connectivity index (χ2n) is 8.94. The van der Waals surface area contributed by atoms with Crippen LogP contribution < -0.4 is 4.74 Å². The summed E-state index contributed by atoms with van der Waals surface area (Å²) < 4.78 is 5.67. The molecular formula is C25H29NO2. The lowest BCUT2D eigenvalue weighted by Crippen LogP contribution is -2.51. The van der Waals surface area contributed by atoms with Gasteiger partial charge in [0.05, 0.1) is 13.2 Å². The van der Waals surface area contributed by atoms with Crippen molar-refractivity contribution in [2.45, 2.75) is 52.3 Å². The number of methoxy groups -OCH3 is 1. The molecule has 3 aromatic rings. The second kappa shape index (κ2) is 6.47. The van der Waals surface area contributed by atoms with Gasteiger partial charge in [0, 0.05) is 19.1 Å². The van der Waals surface area contributed by atoms with E-state index in [4.69, 9.17) is 4.74 Å². The van der Waals surface area contributed by atoms with Crippen molar-refractivity contribution in [1.29, 1.82) is 0 Å². The summed E-state index contributed by atoms with van der Waals surface area (Å²) in [5, 5.41) is 15.8. The first-order valence-electron chi connectivity index (χ1n) is 10.4. The number of aliphatic hydroxyl groups excluding tert-OH is 1. The molecule has 0 aliphatic carbocycles. The van der Waals surface area contributed by atoms with Crippen molar-refractivity contribution in [2.24, 2.45) is 5.92 Å². The zero-order valence-corrected chi connectivity index (χ0v) is 17.2. The number of hydrogen-bond acceptors (Lipinski definition) is 3. The summed E-state index contributed by atoms with van der Waals surface area (Å²) in [5.74, 6) is 1.30. The minimum Gasteiger partial charge on any atom is -0.496 e. The van der Waals surface area contributed by atoms with Crippen LogP contribution in [0.4, 0.5) is 0 Å². The summed E-state index contributed by atoms with van der Waals surface area (Å²) in [5.41, 5.74) is 5.39. The molecule has 0 spiro atoms. The van der Waals surface area contributed by atoms with Crippen LogP contribution in [-0.4, -0.2) is 35.8 Å². The van der Waals surface area contributed by atoms with E-state index >= 15 is 0 Å². The van der Waals surface area contributed by atoms with Crippen molar-refractivity contribution in [3.63, 3.8) is 0 Å². The standard InChI is InChI=1S/C25H29NO2/c1-14-5-6-18-19(7-14)20-8-15(2)25(28-4)11-22(20)21-9-17-10-24(27)16(3)12-26(17)13-23(18)21/h5-8,11,16-17,24,27H,9-10,12-13H2,1-4H3/t16-,17+,24-/m1/s1. The van der Waals surface area contributed by atoms with Gasteiger partial charge in [-0.2, -0.15) is 0 Å². The highest BCUT2D eigenvalue weighted by Crippen LogP contribution is 2.42. The van der Waals surface area contributed by atoms with Crippen LogP contribution in [0.5, 0.6) is 5.75 Å². The number of aryl methyl sites for hydroxylation is 2. The largest absolute Gasteiger partial charge is 0.496 e. The molecular weight excluding hydrogens is 346 g/mol. The van der Waals surface area contributed by atoms with E-state index in [1.165, 1.54) is 43.8 Å². The van der Waals surface area contributed by atoms with Crippen molar-refractivity contribution in [2.75, 3.05) is 13.7 Å². The summed E-state index contributed by atoms with van der Waals surface area (Å²) in [6.07, 6.45) is 1.69. The van der Waals surface area contributed by atoms with E-state index < -0.39 is 0 Å². The monoisotopic (exact) mass is 375 g/mol. The number of rotatable bonds is 1. The van der Waals surface area contributed by atoms with E-state index in [9.17, 15) is 5.11 Å². The number of benzene rings is 3. The lowest BCUT2D eigenvalue weighted by molar-refractivity contribution is -0.00783. The number of ether oxygens (including phenoxy) is 1. The van der Waals surface area contributed by atoms with Crippen LogP contribution in [0.15, 0.2) is 30.3 Å². The predicted octanol–water partition coefficient (Wildman–Crippen LogP) is 4.75. The lowest BCUT2D eigenvalue weighted by atomic mass is 9.80. The molecule has 0 unspecified atom stereocenters. The van der Waals surface area contributed by atoms with Crippen molar-refractivity contribution in [3.8, 4) is 5.75 Å². The molecule has 0 saturated carbocycles. The Kier molecular flexibility index (Phi) is 4.15. The molecule has 0 aromatic heterocycles. The van der Waals surface area contributed by atoms with E-state index in [0.717, 1.165) is 31.7 Å². The molecule has 0 amide bonds. The smallest absolute Gasteiger partial charge is 0.122 e. The van der Waals surface area contributed by atoms with Gasteiger partial charge in [-0.3, -0.25) is 4.90 Å². The second-order valence-corrected chi connectivity index (χ2v) is 8.94. The van der Waals surface area contributed by atoms with Gasteiger partial charge in [-0.15, -0.1) is 0 Å². The number of fused-ring (bicyclic) bond motifs is 7. The van der Waals surface area contributed by atoms with Crippen molar-refractivity contribution in [1.82, 2.24) is 4.90 Å². The predicted molar refractivity (Wildman–Crippen MR) is 115 cm³/mol. The van der Waals surface area contributed by atoms with Crippen LogP contribution in [0.2, 0.25) is 0 Å². The van der Waals surface area contributed by atoms with Gasteiger partial charge in [0.15, 0.2) is 0 Å². The fourth-order valence-electron chi connectivity index (χ4n) is 5.41. The first-order chi connectivity index (χ1) is 13.5. The third kappa shape index (κ3) is 2.64. The fraction of sp³-hybridized carbons (Fsp3) is 0.440. The highest BCUT2D eigenvalue weighted by Gasteiger charge is 2.36. The molecule has 1 saturated heterocycles. The Morgan fingerprint density at radius 1 is 1.00 bits per heavy atom. The SMILES string of the molecule is COc1cc2c3c(c4ccc(C)cc4c2cc1C)CN1C[C@@H](C)[C@H](O)C[C@@H]1C3. The zero-order chi connectivity index (χ0) is 19.6. The minimum absolute atomic E-state index is 0.186. The Morgan fingerprint density at radius 2 is 1.79 bits per heavy atom. The van der Waals surface area contributed by atoms with E-state index in [-0.39, 0.29) is 6.10 Å². The zero-order valence-electron chi connectivity index (χ0n) is 17.2. The third-order valence-electron chi connectivity index (χ3n) is 7.03. The Hall–Kier alpha value is -2.10. The summed E-state index contributed by atoms with van der Waals surface area (Å²) in [6, 6.07) is 11.8. The van der Waals surface area contributed by atoms with Crippen LogP contribution >= 0.6 is 0 Å². The molecule has 2 heterocycles. The van der Waals surface area contributed by atoms with E-state index in [1.807, 2.05) is 0 Å². The van der Waals surface area contributed by atoms with Gasteiger partial charge >= 0.3 is 0 Å². The fourth-order valence-corrected chi connectivity index (χ4v) is 5.41. The quantitative estimate of drug-likeness (QED) is 0.623. The van der Waals surface area contributed by atoms with E-state index in [1.54, 1.807) is 7.11 Å². The van der Waals surface area contributed by atoms with Crippen LogP contribution in [0.25, 0.3) is 21.5 Å². The number of nitrogens with zero attached hydrogens (tertiary/aromatic N) is 1. The molecule has 1 N–H and O–H groups in total. The van der Waals surface area contributed by atoms with E-state index in [0.29, 0.717) is 12.0 Å². The summed E-state index contributed by atoms with van der Waals surface area (Å²) >= 11 is 0. The van der Waals surface area contributed by atoms with Gasteiger partial charge in [-0.05, 0) is 83.0 Å². The maximum Gasteiger partial charge on any atom is 0.122 e. The number of hydrogen-bond donors (Lipinski definition) is 1. The maximum atomic E-state index is 10.5. The van der Waals surface area contributed by atoms with Crippen molar-refractivity contribution >= 4 is 21.5 Å². The molecule has 3 nitrogen and oxygen atoms in total. The molecule has 5 rings (SSSR count). The summed E-state index contributed by atoms with van der Waals surface area (Å²) in [6.45, 7) is 8.42. The van der Waals surface area contributed by atoms with Gasteiger partial charge in [-0.1, -0.05) is 30.7 Å². The number of piperidine rings is 1. The average molecular weight is 376 g/mol. The van der Waals surface area contributed by atoms with Gasteiger partial charge in [-0.25, -0.2) is 0 Å². The first kappa shape index (κ1) is 18.0. The average Bonchev–Trinajstić information content (AvgIpc) is 2.67. The molecule has 2 aliphatic heterocycles. The number of aliphatic hydroxyl groups is 1. The van der Waals surface area contributed by atoms with Crippen LogP contribution in [0.1, 0.15) is 35.6 Å². The minimum atomic E-state index is -0.186. The molecule has 0 bridgehead atoms. The Bertz CT molecular complexity index is 1090. The molecule has 3 heteroatoms. The van der Waals surface area contributed by atoms with Crippen molar-refractivity contribution in [3.05, 3.63) is 52.6 Å². The van der Waals surface area contributed by atoms with E-state index in [2.05, 4.69) is 56.0 Å². The normalized spacial score (nSPS) is 25.0. The summed E-state index contributed by atoms with van der Waals surface area (Å²) in [7, 11) is 1.76. The van der Waals surface area contributed by atoms with Crippen LogP contribution in [-0.2, 0) is 13.0 Å². The molecule has 2 aliphatic rings. The van der Waals surface area contributed by atoms with Gasteiger partial charge in [0.1, 0.15) is 5.75 Å². The molecule has 3 atom stereocenters. The Labute approximate surface area is 166 Å². The highest BCUT2D eigenvalue weighted by molar-refractivity contribution is 6.11. The highest BCUT2D eigenvalue weighted by atomic mass is 16.5. The Morgan fingerprint density at radius 3 is 2.57 bits per heavy atom. The summed E-state index contributed by atoms with van der Waals surface area (Å²) in [4.78, 5) is 2.59. The molecule has 3 aromatic carbocycles. The molecule has 0 radical (unpaired) electrons. The maximum absolute atomic E-state index is 10.5. The van der Waals surface area contributed by atoms with Crippen LogP contribution in [0.3, 0.4) is 0 Å². The van der Waals surface area contributed by atoms with Gasteiger partial charge in [0.2, 0.25) is 0 Å². The molecule has 146 valence electrons. The van der Waals surface area contributed by atoms with Gasteiger partial charge in [0.25, 0.3) is 0 Å². The molecule has 1 fully saturated rings. The lowest BCUT2D eigenvalue weighted by Gasteiger charge is -2.45. The van der Waals surface area contributed by atoms with Crippen molar-refractivity contribution < 1.29 is 9.84 Å². The van der Waals surface area contributed by atoms with Crippen LogP contribution in [0, 0.1) is 19.8 Å².